The maximum Gasteiger partial charge on any atom is 0.274 e. The summed E-state index contributed by atoms with van der Waals surface area (Å²) in [5.41, 5.74) is 3.99. The number of hydrogen-bond donors (Lipinski definition) is 0. The lowest BCUT2D eigenvalue weighted by Crippen LogP contribution is -2.24. The Hall–Kier alpha value is -2.34. The highest BCUT2D eigenvalue weighted by molar-refractivity contribution is 5.93. The van der Waals surface area contributed by atoms with Gasteiger partial charge in [0.15, 0.2) is 5.69 Å². The first-order valence-electron chi connectivity index (χ1n) is 7.61. The lowest BCUT2D eigenvalue weighted by molar-refractivity contribution is 0.0819. The highest BCUT2D eigenvalue weighted by atomic mass is 16.5. The maximum absolute atomic E-state index is 12.3. The average molecular weight is 314 g/mol. The van der Waals surface area contributed by atoms with Crippen LogP contribution in [-0.2, 0) is 26.7 Å². The van der Waals surface area contributed by atoms with Crippen LogP contribution in [0.4, 0.5) is 0 Å². The number of fused-ring (bicyclic) bond motifs is 1. The molecule has 6 nitrogen and oxygen atoms in total. The first-order valence-corrected chi connectivity index (χ1v) is 7.61. The number of amides is 1. The van der Waals surface area contributed by atoms with Crippen molar-refractivity contribution in [3.05, 3.63) is 46.8 Å². The van der Waals surface area contributed by atoms with E-state index in [1.54, 1.807) is 26.1 Å². The molecule has 0 saturated carbocycles. The summed E-state index contributed by atoms with van der Waals surface area (Å²) >= 11 is 0. The van der Waals surface area contributed by atoms with Crippen molar-refractivity contribution >= 4 is 5.91 Å². The maximum atomic E-state index is 12.3. The van der Waals surface area contributed by atoms with Crippen LogP contribution in [0.2, 0.25) is 0 Å². The van der Waals surface area contributed by atoms with Gasteiger partial charge in [-0.15, -0.1) is 0 Å². The lowest BCUT2D eigenvalue weighted by Gasteiger charge is -2.16. The Morgan fingerprint density at radius 2 is 1.96 bits per heavy atom. The second-order valence-electron chi connectivity index (χ2n) is 6.09. The molecule has 0 bridgehead atoms. The van der Waals surface area contributed by atoms with E-state index in [1.165, 1.54) is 5.56 Å². The summed E-state index contributed by atoms with van der Waals surface area (Å²) in [6, 6.07) is 8.10. The van der Waals surface area contributed by atoms with E-state index in [9.17, 15) is 4.79 Å². The Kier molecular flexibility index (Phi) is 4.09. The van der Waals surface area contributed by atoms with Gasteiger partial charge in [0.25, 0.3) is 5.91 Å². The molecule has 2 heterocycles. The minimum atomic E-state index is -0.0341. The Morgan fingerprint density at radius 1 is 1.26 bits per heavy atom. The molecule has 2 aromatic rings. The molecule has 0 radical (unpaired) electrons. The highest BCUT2D eigenvalue weighted by Crippen LogP contribution is 2.27. The molecule has 1 aromatic heterocycles. The molecule has 122 valence electrons. The quantitative estimate of drug-likeness (QED) is 0.861. The van der Waals surface area contributed by atoms with Crippen molar-refractivity contribution in [3.63, 3.8) is 0 Å². The fourth-order valence-corrected chi connectivity index (χ4v) is 2.94. The Bertz CT molecular complexity index is 719. The molecule has 0 spiro atoms. The molecule has 3 rings (SSSR count). The average Bonchev–Trinajstić information content (AvgIpc) is 3.07. The van der Waals surface area contributed by atoms with Gasteiger partial charge in [-0.05, 0) is 17.7 Å². The van der Waals surface area contributed by atoms with Crippen LogP contribution >= 0.6 is 0 Å². The second-order valence-corrected chi connectivity index (χ2v) is 6.09. The van der Waals surface area contributed by atoms with Crippen LogP contribution in [0.5, 0.6) is 5.75 Å². The first kappa shape index (κ1) is 15.6. The van der Waals surface area contributed by atoms with Crippen LogP contribution in [0, 0.1) is 0 Å². The van der Waals surface area contributed by atoms with E-state index in [0.29, 0.717) is 5.69 Å². The highest BCUT2D eigenvalue weighted by Gasteiger charge is 2.30. The molecule has 0 unspecified atom stereocenters. The number of carbonyl (C=O) groups is 1. The van der Waals surface area contributed by atoms with Gasteiger partial charge in [-0.1, -0.05) is 12.1 Å². The van der Waals surface area contributed by atoms with Gasteiger partial charge in [0.05, 0.1) is 12.8 Å². The molecule has 23 heavy (non-hydrogen) atoms. The molecule has 1 aliphatic rings. The van der Waals surface area contributed by atoms with Crippen LogP contribution in [0.3, 0.4) is 0 Å². The standard InChI is InChI=1S/C17H22N4O2/c1-19(2)17(22)16-14-10-21(11-15(14)20(3)18-16)9-12-5-7-13(23-4)8-6-12/h5-8H,9-11H2,1-4H3. The van der Waals surface area contributed by atoms with E-state index in [2.05, 4.69) is 22.1 Å². The van der Waals surface area contributed by atoms with Gasteiger partial charge in [-0.25, -0.2) is 0 Å². The molecule has 1 amide bonds. The molecular formula is C17H22N4O2. The molecule has 0 fully saturated rings. The zero-order chi connectivity index (χ0) is 16.6. The van der Waals surface area contributed by atoms with Gasteiger partial charge < -0.3 is 9.64 Å². The summed E-state index contributed by atoms with van der Waals surface area (Å²) < 4.78 is 7.02. The molecule has 6 heteroatoms. The summed E-state index contributed by atoms with van der Waals surface area (Å²) in [5.74, 6) is 0.828. The van der Waals surface area contributed by atoms with Gasteiger partial charge >= 0.3 is 0 Å². The van der Waals surface area contributed by atoms with Crippen LogP contribution in [0.25, 0.3) is 0 Å². The Morgan fingerprint density at radius 3 is 2.57 bits per heavy atom. The predicted octanol–water partition coefficient (Wildman–Crippen LogP) is 1.65. The fraction of sp³-hybridized carbons (Fsp3) is 0.412. The smallest absolute Gasteiger partial charge is 0.274 e. The SMILES string of the molecule is COc1ccc(CN2Cc3c(C(=O)N(C)C)nn(C)c3C2)cc1. The topological polar surface area (TPSA) is 50.6 Å². The number of benzene rings is 1. The van der Waals surface area contributed by atoms with Gasteiger partial charge in [-0.3, -0.25) is 14.4 Å². The monoisotopic (exact) mass is 314 g/mol. The summed E-state index contributed by atoms with van der Waals surface area (Å²) in [5, 5.41) is 4.40. The predicted molar refractivity (Wildman–Crippen MR) is 87.2 cm³/mol. The first-order chi connectivity index (χ1) is 11.0. The van der Waals surface area contributed by atoms with Gasteiger partial charge in [0.1, 0.15) is 5.75 Å². The van der Waals surface area contributed by atoms with Gasteiger partial charge in [-0.2, -0.15) is 5.10 Å². The third-order valence-corrected chi connectivity index (χ3v) is 4.20. The Balaban J connectivity index is 1.76. The largest absolute Gasteiger partial charge is 0.497 e. The van der Waals surface area contributed by atoms with E-state index in [0.717, 1.165) is 36.6 Å². The molecule has 0 N–H and O–H groups in total. The number of nitrogens with zero attached hydrogens (tertiary/aromatic N) is 4. The number of aryl methyl sites for hydroxylation is 1. The van der Waals surface area contributed by atoms with Crippen molar-refractivity contribution in [1.29, 1.82) is 0 Å². The number of carbonyl (C=O) groups excluding carboxylic acids is 1. The molecule has 1 aromatic carbocycles. The van der Waals surface area contributed by atoms with Crippen molar-refractivity contribution in [2.45, 2.75) is 19.6 Å². The van der Waals surface area contributed by atoms with Crippen LogP contribution in [0.1, 0.15) is 27.3 Å². The third-order valence-electron chi connectivity index (χ3n) is 4.20. The molecular weight excluding hydrogens is 292 g/mol. The molecule has 0 atom stereocenters. The fourth-order valence-electron chi connectivity index (χ4n) is 2.94. The second kappa shape index (κ2) is 6.04. The van der Waals surface area contributed by atoms with E-state index < -0.39 is 0 Å². The molecule has 1 aliphatic heterocycles. The lowest BCUT2D eigenvalue weighted by atomic mass is 10.2. The van der Waals surface area contributed by atoms with Crippen LogP contribution in [-0.4, -0.2) is 46.7 Å². The van der Waals surface area contributed by atoms with Crippen LogP contribution < -0.4 is 4.74 Å². The van der Waals surface area contributed by atoms with Gasteiger partial charge in [0.2, 0.25) is 0 Å². The molecule has 0 aliphatic carbocycles. The van der Waals surface area contributed by atoms with E-state index >= 15 is 0 Å². The van der Waals surface area contributed by atoms with Crippen molar-refractivity contribution in [2.24, 2.45) is 7.05 Å². The van der Waals surface area contributed by atoms with Crippen molar-refractivity contribution < 1.29 is 9.53 Å². The van der Waals surface area contributed by atoms with Crippen molar-refractivity contribution in [1.82, 2.24) is 19.6 Å². The summed E-state index contributed by atoms with van der Waals surface area (Å²) in [7, 11) is 7.09. The van der Waals surface area contributed by atoms with Crippen molar-refractivity contribution in [2.75, 3.05) is 21.2 Å². The zero-order valence-corrected chi connectivity index (χ0v) is 14.0. The number of hydrogen-bond acceptors (Lipinski definition) is 4. The summed E-state index contributed by atoms with van der Waals surface area (Å²) in [6.45, 7) is 2.41. The summed E-state index contributed by atoms with van der Waals surface area (Å²) in [4.78, 5) is 16.2. The number of methoxy groups -OCH3 is 1. The van der Waals surface area contributed by atoms with Crippen LogP contribution in [0.15, 0.2) is 24.3 Å². The third kappa shape index (κ3) is 2.94. The number of rotatable bonds is 4. The van der Waals surface area contributed by atoms with E-state index in [1.807, 2.05) is 23.9 Å². The number of aromatic nitrogens is 2. The summed E-state index contributed by atoms with van der Waals surface area (Å²) in [6.07, 6.45) is 0. The molecule has 0 saturated heterocycles. The minimum absolute atomic E-state index is 0.0341. The van der Waals surface area contributed by atoms with Crippen molar-refractivity contribution in [3.8, 4) is 5.75 Å². The Labute approximate surface area is 136 Å². The normalized spacial score (nSPS) is 13.9. The van der Waals surface area contributed by atoms with E-state index in [-0.39, 0.29) is 5.91 Å². The van der Waals surface area contributed by atoms with Gasteiger partial charge in [0, 0.05) is 46.3 Å². The number of ether oxygens (including phenoxy) is 1. The zero-order valence-electron chi connectivity index (χ0n) is 14.0. The minimum Gasteiger partial charge on any atom is -0.497 e. The van der Waals surface area contributed by atoms with E-state index in [4.69, 9.17) is 4.74 Å².